The Morgan fingerprint density at radius 1 is 1.20 bits per heavy atom. The zero-order chi connectivity index (χ0) is 17.6. The molecule has 1 saturated heterocycles. The summed E-state index contributed by atoms with van der Waals surface area (Å²) in [5.41, 5.74) is 1.17. The van der Waals surface area contributed by atoms with Crippen molar-refractivity contribution in [1.29, 1.82) is 0 Å². The topological polar surface area (TPSA) is 52.8 Å². The van der Waals surface area contributed by atoms with Crippen LogP contribution in [0.4, 0.5) is 0 Å². The van der Waals surface area contributed by atoms with E-state index in [-0.39, 0.29) is 0 Å². The zero-order valence-electron chi connectivity index (χ0n) is 16.1. The SMILES string of the molecule is CCNC(=NCc1cc(C)oc1C)NC1CCN(C2CCCC2)CC1. The molecule has 1 saturated carbocycles. The molecule has 5 nitrogen and oxygen atoms in total. The molecule has 0 radical (unpaired) electrons. The quantitative estimate of drug-likeness (QED) is 0.634. The second kappa shape index (κ2) is 8.75. The number of likely N-dealkylation sites (tertiary alicyclic amines) is 1. The average Bonchev–Trinajstić information content (AvgIpc) is 3.23. The van der Waals surface area contributed by atoms with Crippen LogP contribution in [0.2, 0.25) is 0 Å². The molecule has 0 aromatic carbocycles. The monoisotopic (exact) mass is 346 g/mol. The highest BCUT2D eigenvalue weighted by Gasteiger charge is 2.27. The van der Waals surface area contributed by atoms with Crippen molar-refractivity contribution in [2.75, 3.05) is 19.6 Å². The summed E-state index contributed by atoms with van der Waals surface area (Å²) in [6.07, 6.45) is 8.09. The number of rotatable bonds is 5. The molecule has 0 spiro atoms. The molecule has 25 heavy (non-hydrogen) atoms. The summed E-state index contributed by atoms with van der Waals surface area (Å²) in [6, 6.07) is 3.47. The molecule has 0 amide bonds. The van der Waals surface area contributed by atoms with Gasteiger partial charge in [0.15, 0.2) is 5.96 Å². The van der Waals surface area contributed by atoms with E-state index < -0.39 is 0 Å². The van der Waals surface area contributed by atoms with E-state index in [0.717, 1.165) is 30.1 Å². The third kappa shape index (κ3) is 5.00. The molecule has 0 unspecified atom stereocenters. The van der Waals surface area contributed by atoms with Gasteiger partial charge in [-0.05, 0) is 52.5 Å². The Bertz CT molecular complexity index is 566. The summed E-state index contributed by atoms with van der Waals surface area (Å²) in [5.74, 6) is 2.86. The number of nitrogens with zero attached hydrogens (tertiary/aromatic N) is 2. The lowest BCUT2D eigenvalue weighted by Gasteiger charge is -2.36. The highest BCUT2D eigenvalue weighted by Crippen LogP contribution is 2.26. The molecule has 0 bridgehead atoms. The van der Waals surface area contributed by atoms with Gasteiger partial charge in [-0.15, -0.1) is 0 Å². The van der Waals surface area contributed by atoms with E-state index in [1.807, 2.05) is 13.8 Å². The Labute approximate surface area is 152 Å². The highest BCUT2D eigenvalue weighted by atomic mass is 16.3. The number of guanidine groups is 1. The van der Waals surface area contributed by atoms with Crippen molar-refractivity contribution in [3.8, 4) is 0 Å². The largest absolute Gasteiger partial charge is 0.466 e. The molecule has 1 aromatic rings. The van der Waals surface area contributed by atoms with Crippen molar-refractivity contribution in [1.82, 2.24) is 15.5 Å². The molecule has 1 aromatic heterocycles. The smallest absolute Gasteiger partial charge is 0.191 e. The van der Waals surface area contributed by atoms with Gasteiger partial charge in [0.1, 0.15) is 11.5 Å². The molecule has 3 rings (SSSR count). The van der Waals surface area contributed by atoms with Crippen molar-refractivity contribution in [2.24, 2.45) is 4.99 Å². The standard InChI is InChI=1S/C20H34N4O/c1-4-21-20(22-14-17-13-15(2)25-16(17)3)23-18-9-11-24(12-10-18)19-7-5-6-8-19/h13,18-19H,4-12,14H2,1-3H3,(H2,21,22,23). The molecule has 5 heteroatoms. The summed E-state index contributed by atoms with van der Waals surface area (Å²) in [5, 5.41) is 7.03. The van der Waals surface area contributed by atoms with Crippen LogP contribution in [0.15, 0.2) is 15.5 Å². The number of hydrogen-bond acceptors (Lipinski definition) is 3. The molecule has 0 atom stereocenters. The van der Waals surface area contributed by atoms with Gasteiger partial charge in [0.2, 0.25) is 0 Å². The molecule has 2 heterocycles. The van der Waals surface area contributed by atoms with Gasteiger partial charge in [-0.25, -0.2) is 4.99 Å². The average molecular weight is 347 g/mol. The van der Waals surface area contributed by atoms with Crippen LogP contribution in [-0.4, -0.2) is 42.6 Å². The molecule has 2 fully saturated rings. The van der Waals surface area contributed by atoms with Gasteiger partial charge in [0.25, 0.3) is 0 Å². The predicted molar refractivity (Wildman–Crippen MR) is 103 cm³/mol. The third-order valence-electron chi connectivity index (χ3n) is 5.61. The highest BCUT2D eigenvalue weighted by molar-refractivity contribution is 5.80. The molecule has 140 valence electrons. The molecular formula is C20H34N4O. The van der Waals surface area contributed by atoms with Crippen LogP contribution in [0.1, 0.15) is 62.5 Å². The normalized spacial score (nSPS) is 21.0. The predicted octanol–water partition coefficient (Wildman–Crippen LogP) is 3.36. The Kier molecular flexibility index (Phi) is 6.40. The summed E-state index contributed by atoms with van der Waals surface area (Å²) in [6.45, 7) is 10.1. The van der Waals surface area contributed by atoms with Crippen LogP contribution in [0.3, 0.4) is 0 Å². The van der Waals surface area contributed by atoms with E-state index in [2.05, 4.69) is 28.5 Å². The van der Waals surface area contributed by atoms with Gasteiger partial charge >= 0.3 is 0 Å². The van der Waals surface area contributed by atoms with Crippen molar-refractivity contribution >= 4 is 5.96 Å². The second-order valence-corrected chi connectivity index (χ2v) is 7.53. The number of piperidine rings is 1. The van der Waals surface area contributed by atoms with Crippen LogP contribution in [0.25, 0.3) is 0 Å². The first-order chi connectivity index (χ1) is 12.2. The maximum Gasteiger partial charge on any atom is 0.191 e. The number of hydrogen-bond donors (Lipinski definition) is 2. The fourth-order valence-electron chi connectivity index (χ4n) is 4.20. The van der Waals surface area contributed by atoms with Gasteiger partial charge in [0, 0.05) is 37.3 Å². The minimum atomic E-state index is 0.530. The van der Waals surface area contributed by atoms with E-state index >= 15 is 0 Å². The van der Waals surface area contributed by atoms with Crippen molar-refractivity contribution in [2.45, 2.75) is 77.9 Å². The van der Waals surface area contributed by atoms with E-state index in [0.29, 0.717) is 12.6 Å². The maximum absolute atomic E-state index is 5.60. The van der Waals surface area contributed by atoms with Gasteiger partial charge in [0.05, 0.1) is 6.54 Å². The Hall–Kier alpha value is -1.49. The number of aryl methyl sites for hydroxylation is 2. The van der Waals surface area contributed by atoms with Crippen LogP contribution < -0.4 is 10.6 Å². The van der Waals surface area contributed by atoms with Crippen molar-refractivity contribution in [3.63, 3.8) is 0 Å². The van der Waals surface area contributed by atoms with Gasteiger partial charge in [-0.2, -0.15) is 0 Å². The Balaban J connectivity index is 1.51. The first-order valence-corrected chi connectivity index (χ1v) is 10.0. The molecule has 1 aliphatic carbocycles. The summed E-state index contributed by atoms with van der Waals surface area (Å²) in [7, 11) is 0. The van der Waals surface area contributed by atoms with Crippen LogP contribution in [0.5, 0.6) is 0 Å². The fraction of sp³-hybridized carbons (Fsp3) is 0.750. The van der Waals surface area contributed by atoms with E-state index in [1.54, 1.807) is 0 Å². The lowest BCUT2D eigenvalue weighted by Crippen LogP contribution is -2.50. The fourth-order valence-corrected chi connectivity index (χ4v) is 4.20. The third-order valence-corrected chi connectivity index (χ3v) is 5.61. The molecule has 1 aliphatic heterocycles. The first-order valence-electron chi connectivity index (χ1n) is 10.0. The second-order valence-electron chi connectivity index (χ2n) is 7.53. The van der Waals surface area contributed by atoms with Gasteiger partial charge in [-0.3, -0.25) is 0 Å². The molecule has 2 aliphatic rings. The number of nitrogens with one attached hydrogen (secondary N) is 2. The van der Waals surface area contributed by atoms with Crippen LogP contribution >= 0.6 is 0 Å². The Morgan fingerprint density at radius 3 is 2.52 bits per heavy atom. The number of aliphatic imine (C=N–C) groups is 1. The maximum atomic E-state index is 5.60. The molecule has 2 N–H and O–H groups in total. The van der Waals surface area contributed by atoms with Crippen molar-refractivity contribution in [3.05, 3.63) is 23.2 Å². The lowest BCUT2D eigenvalue weighted by atomic mass is 10.0. The first kappa shape index (κ1) is 18.3. The zero-order valence-corrected chi connectivity index (χ0v) is 16.1. The van der Waals surface area contributed by atoms with Crippen LogP contribution in [0, 0.1) is 13.8 Å². The Morgan fingerprint density at radius 2 is 1.92 bits per heavy atom. The molecular weight excluding hydrogens is 312 g/mol. The van der Waals surface area contributed by atoms with Crippen molar-refractivity contribution < 1.29 is 4.42 Å². The lowest BCUT2D eigenvalue weighted by molar-refractivity contribution is 0.150. The summed E-state index contributed by atoms with van der Waals surface area (Å²) < 4.78 is 5.60. The van der Waals surface area contributed by atoms with E-state index in [1.165, 1.54) is 57.2 Å². The number of furan rings is 1. The van der Waals surface area contributed by atoms with E-state index in [9.17, 15) is 0 Å². The summed E-state index contributed by atoms with van der Waals surface area (Å²) >= 11 is 0. The van der Waals surface area contributed by atoms with E-state index in [4.69, 9.17) is 9.41 Å². The minimum Gasteiger partial charge on any atom is -0.466 e. The van der Waals surface area contributed by atoms with Gasteiger partial charge < -0.3 is 20.0 Å². The summed E-state index contributed by atoms with van der Waals surface area (Å²) in [4.78, 5) is 7.48. The van der Waals surface area contributed by atoms with Crippen LogP contribution in [-0.2, 0) is 6.54 Å². The minimum absolute atomic E-state index is 0.530. The van der Waals surface area contributed by atoms with Gasteiger partial charge in [-0.1, -0.05) is 12.8 Å².